The molecule has 0 bridgehead atoms. The first kappa shape index (κ1) is 18.1. The number of rotatable bonds is 10. The summed E-state index contributed by atoms with van der Waals surface area (Å²) < 4.78 is 10.7. The predicted molar refractivity (Wildman–Crippen MR) is 91.6 cm³/mol. The van der Waals surface area contributed by atoms with Gasteiger partial charge in [0.1, 0.15) is 5.69 Å². The molecule has 2 rings (SSSR count). The van der Waals surface area contributed by atoms with Gasteiger partial charge in [-0.25, -0.2) is 4.79 Å². The molecule has 0 unspecified atom stereocenters. The third-order valence-corrected chi connectivity index (χ3v) is 3.66. The summed E-state index contributed by atoms with van der Waals surface area (Å²) >= 11 is 0. The zero-order valence-electron chi connectivity index (χ0n) is 14.4. The van der Waals surface area contributed by atoms with Crippen LogP contribution in [0.3, 0.4) is 0 Å². The number of hydrogen-bond acceptors (Lipinski definition) is 5. The van der Waals surface area contributed by atoms with Crippen molar-refractivity contribution in [3.05, 3.63) is 35.5 Å². The van der Waals surface area contributed by atoms with E-state index in [2.05, 4.69) is 22.3 Å². The number of nitrogens with one attached hydrogen (secondary N) is 1. The number of aromatic nitrogens is 3. The van der Waals surface area contributed by atoms with Gasteiger partial charge < -0.3 is 9.47 Å². The van der Waals surface area contributed by atoms with Gasteiger partial charge in [0.15, 0.2) is 5.69 Å². The van der Waals surface area contributed by atoms with Crippen molar-refractivity contribution in [1.82, 2.24) is 15.4 Å². The SMILES string of the molecule is CCCCCCOCc1ccc(-c2n[nH]nc2C(=O)OCC)cc1. The van der Waals surface area contributed by atoms with E-state index < -0.39 is 5.97 Å². The second-order valence-electron chi connectivity index (χ2n) is 5.55. The van der Waals surface area contributed by atoms with Crippen LogP contribution in [-0.2, 0) is 16.1 Å². The van der Waals surface area contributed by atoms with Crippen LogP contribution in [0, 0.1) is 0 Å². The smallest absolute Gasteiger partial charge is 0.361 e. The van der Waals surface area contributed by atoms with Gasteiger partial charge in [-0.15, -0.1) is 5.10 Å². The summed E-state index contributed by atoms with van der Waals surface area (Å²) in [6.07, 6.45) is 4.82. The second kappa shape index (κ2) is 9.82. The molecule has 1 heterocycles. The minimum absolute atomic E-state index is 0.205. The third kappa shape index (κ3) is 5.16. The van der Waals surface area contributed by atoms with Gasteiger partial charge in [0.05, 0.1) is 13.2 Å². The summed E-state index contributed by atoms with van der Waals surface area (Å²) in [5, 5.41) is 10.4. The Morgan fingerprint density at radius 2 is 1.88 bits per heavy atom. The fourth-order valence-corrected chi connectivity index (χ4v) is 2.35. The quantitative estimate of drug-likeness (QED) is 0.530. The number of aromatic amines is 1. The summed E-state index contributed by atoms with van der Waals surface area (Å²) in [4.78, 5) is 11.9. The number of hydrogen-bond donors (Lipinski definition) is 1. The number of ether oxygens (including phenoxy) is 2. The summed E-state index contributed by atoms with van der Waals surface area (Å²) in [7, 11) is 0. The zero-order chi connectivity index (χ0) is 17.2. The Morgan fingerprint density at radius 3 is 2.58 bits per heavy atom. The number of carbonyl (C=O) groups excluding carboxylic acids is 1. The molecule has 0 aliphatic heterocycles. The van der Waals surface area contributed by atoms with Crippen molar-refractivity contribution >= 4 is 5.97 Å². The number of unbranched alkanes of at least 4 members (excludes halogenated alkanes) is 3. The maximum absolute atomic E-state index is 11.9. The van der Waals surface area contributed by atoms with E-state index in [0.717, 1.165) is 24.2 Å². The molecular weight excluding hydrogens is 306 g/mol. The molecule has 0 saturated carbocycles. The molecule has 0 atom stereocenters. The van der Waals surface area contributed by atoms with Gasteiger partial charge in [0.2, 0.25) is 0 Å². The fourth-order valence-electron chi connectivity index (χ4n) is 2.35. The Kier molecular flexibility index (Phi) is 7.42. The van der Waals surface area contributed by atoms with E-state index in [1.807, 2.05) is 24.3 Å². The second-order valence-corrected chi connectivity index (χ2v) is 5.55. The number of H-pyrrole nitrogens is 1. The molecule has 1 N–H and O–H groups in total. The standard InChI is InChI=1S/C18H25N3O3/c1-3-5-6-7-12-23-13-14-8-10-15(11-9-14)16-17(20-21-19-16)18(22)24-4-2/h8-11H,3-7,12-13H2,1-2H3,(H,19,20,21). The van der Waals surface area contributed by atoms with Gasteiger partial charge in [-0.1, -0.05) is 50.5 Å². The van der Waals surface area contributed by atoms with Crippen LogP contribution in [0.15, 0.2) is 24.3 Å². The summed E-state index contributed by atoms with van der Waals surface area (Å²) in [5.74, 6) is -0.472. The van der Waals surface area contributed by atoms with E-state index in [0.29, 0.717) is 18.9 Å². The van der Waals surface area contributed by atoms with Crippen LogP contribution in [-0.4, -0.2) is 34.6 Å². The molecule has 2 aromatic rings. The minimum Gasteiger partial charge on any atom is -0.461 e. The van der Waals surface area contributed by atoms with Crippen LogP contribution in [0.25, 0.3) is 11.3 Å². The van der Waals surface area contributed by atoms with Crippen LogP contribution in [0.1, 0.15) is 55.6 Å². The van der Waals surface area contributed by atoms with E-state index in [9.17, 15) is 4.79 Å². The molecular formula is C18H25N3O3. The van der Waals surface area contributed by atoms with E-state index >= 15 is 0 Å². The van der Waals surface area contributed by atoms with Gasteiger partial charge in [-0.3, -0.25) is 0 Å². The summed E-state index contributed by atoms with van der Waals surface area (Å²) in [6.45, 7) is 5.65. The normalized spacial score (nSPS) is 10.8. The van der Waals surface area contributed by atoms with Crippen LogP contribution in [0.5, 0.6) is 0 Å². The monoisotopic (exact) mass is 331 g/mol. The molecule has 0 radical (unpaired) electrons. The Bertz CT molecular complexity index is 623. The van der Waals surface area contributed by atoms with E-state index in [1.165, 1.54) is 19.3 Å². The highest BCUT2D eigenvalue weighted by Crippen LogP contribution is 2.21. The molecule has 0 fully saturated rings. The molecule has 0 aliphatic rings. The first-order valence-electron chi connectivity index (χ1n) is 8.51. The van der Waals surface area contributed by atoms with Crippen molar-refractivity contribution in [3.8, 4) is 11.3 Å². The van der Waals surface area contributed by atoms with Gasteiger partial charge in [0, 0.05) is 12.2 Å². The maximum atomic E-state index is 11.9. The molecule has 0 amide bonds. The highest BCUT2D eigenvalue weighted by Gasteiger charge is 2.18. The first-order chi connectivity index (χ1) is 11.8. The maximum Gasteiger partial charge on any atom is 0.361 e. The molecule has 1 aromatic carbocycles. The predicted octanol–water partition coefficient (Wildman–Crippen LogP) is 3.75. The average Bonchev–Trinajstić information content (AvgIpc) is 3.08. The van der Waals surface area contributed by atoms with E-state index in [4.69, 9.17) is 9.47 Å². The van der Waals surface area contributed by atoms with Crippen LogP contribution >= 0.6 is 0 Å². The first-order valence-corrected chi connectivity index (χ1v) is 8.51. The lowest BCUT2D eigenvalue weighted by molar-refractivity contribution is 0.0520. The van der Waals surface area contributed by atoms with Crippen molar-refractivity contribution in [2.45, 2.75) is 46.1 Å². The third-order valence-electron chi connectivity index (χ3n) is 3.66. The van der Waals surface area contributed by atoms with Crippen LogP contribution in [0.2, 0.25) is 0 Å². The number of benzene rings is 1. The Morgan fingerprint density at radius 1 is 1.08 bits per heavy atom. The molecule has 130 valence electrons. The van der Waals surface area contributed by atoms with Crippen molar-refractivity contribution in [3.63, 3.8) is 0 Å². The van der Waals surface area contributed by atoms with Gasteiger partial charge >= 0.3 is 5.97 Å². The summed E-state index contributed by atoms with van der Waals surface area (Å²) in [5.41, 5.74) is 2.62. The lowest BCUT2D eigenvalue weighted by Crippen LogP contribution is -2.06. The molecule has 24 heavy (non-hydrogen) atoms. The molecule has 6 nitrogen and oxygen atoms in total. The lowest BCUT2D eigenvalue weighted by atomic mass is 10.1. The molecule has 6 heteroatoms. The highest BCUT2D eigenvalue weighted by molar-refractivity contribution is 5.93. The van der Waals surface area contributed by atoms with Gasteiger partial charge in [-0.05, 0) is 18.9 Å². The van der Waals surface area contributed by atoms with E-state index in [1.54, 1.807) is 6.92 Å². The fraction of sp³-hybridized carbons (Fsp3) is 0.500. The van der Waals surface area contributed by atoms with Crippen molar-refractivity contribution in [1.29, 1.82) is 0 Å². The van der Waals surface area contributed by atoms with Crippen molar-refractivity contribution in [2.75, 3.05) is 13.2 Å². The highest BCUT2D eigenvalue weighted by atomic mass is 16.5. The van der Waals surface area contributed by atoms with Crippen LogP contribution < -0.4 is 0 Å². The van der Waals surface area contributed by atoms with Crippen LogP contribution in [0.4, 0.5) is 0 Å². The Hall–Kier alpha value is -2.21. The summed E-state index contributed by atoms with van der Waals surface area (Å²) in [6, 6.07) is 7.78. The molecule has 1 aromatic heterocycles. The number of esters is 1. The van der Waals surface area contributed by atoms with Gasteiger partial charge in [-0.2, -0.15) is 10.3 Å². The molecule has 0 saturated heterocycles. The van der Waals surface area contributed by atoms with Crippen molar-refractivity contribution in [2.24, 2.45) is 0 Å². The lowest BCUT2D eigenvalue weighted by Gasteiger charge is -2.06. The Labute approximate surface area is 142 Å². The topological polar surface area (TPSA) is 77.1 Å². The molecule has 0 spiro atoms. The number of nitrogens with zero attached hydrogens (tertiary/aromatic N) is 2. The zero-order valence-corrected chi connectivity index (χ0v) is 14.4. The van der Waals surface area contributed by atoms with Gasteiger partial charge in [0.25, 0.3) is 0 Å². The largest absolute Gasteiger partial charge is 0.461 e. The minimum atomic E-state index is -0.472. The van der Waals surface area contributed by atoms with E-state index in [-0.39, 0.29) is 5.69 Å². The number of carbonyl (C=O) groups is 1. The van der Waals surface area contributed by atoms with Crippen molar-refractivity contribution < 1.29 is 14.3 Å². The molecule has 0 aliphatic carbocycles. The Balaban J connectivity index is 1.90. The average molecular weight is 331 g/mol.